The van der Waals surface area contributed by atoms with Crippen LogP contribution in [0.2, 0.25) is 0 Å². The summed E-state index contributed by atoms with van der Waals surface area (Å²) in [6.45, 7) is 0.897. The number of rotatable bonds is 4. The van der Waals surface area contributed by atoms with Crippen LogP contribution in [0.3, 0.4) is 0 Å². The average molecular weight is 170 g/mol. The molecular formula is C10H18O2. The molecule has 1 rings (SSSR count). The maximum Gasteiger partial charge on any atom is 0.120 e. The predicted molar refractivity (Wildman–Crippen MR) is 48.0 cm³/mol. The molecule has 0 radical (unpaired) electrons. The zero-order valence-electron chi connectivity index (χ0n) is 7.79. The normalized spacial score (nSPS) is 30.1. The molecule has 1 aliphatic rings. The Morgan fingerprint density at radius 3 is 2.33 bits per heavy atom. The Hall–Kier alpha value is -0.370. The Morgan fingerprint density at radius 1 is 1.25 bits per heavy atom. The van der Waals surface area contributed by atoms with Crippen LogP contribution in [-0.4, -0.2) is 20.0 Å². The van der Waals surface area contributed by atoms with E-state index in [-0.39, 0.29) is 0 Å². The van der Waals surface area contributed by atoms with Crippen LogP contribution < -0.4 is 0 Å². The van der Waals surface area contributed by atoms with Crippen molar-refractivity contribution in [2.24, 2.45) is 11.8 Å². The Balaban J connectivity index is 2.15. The van der Waals surface area contributed by atoms with Crippen LogP contribution >= 0.6 is 0 Å². The highest BCUT2D eigenvalue weighted by atomic mass is 16.5. The van der Waals surface area contributed by atoms with Crippen molar-refractivity contribution < 1.29 is 9.53 Å². The van der Waals surface area contributed by atoms with Crippen LogP contribution in [0.15, 0.2) is 0 Å². The van der Waals surface area contributed by atoms with Crippen molar-refractivity contribution in [2.75, 3.05) is 13.7 Å². The largest absolute Gasteiger partial charge is 0.384 e. The van der Waals surface area contributed by atoms with Crippen LogP contribution in [0.4, 0.5) is 0 Å². The predicted octanol–water partition coefficient (Wildman–Crippen LogP) is 2.03. The number of hydrogen-bond acceptors (Lipinski definition) is 2. The van der Waals surface area contributed by atoms with E-state index in [1.807, 2.05) is 0 Å². The van der Waals surface area contributed by atoms with Gasteiger partial charge in [0.05, 0.1) is 0 Å². The van der Waals surface area contributed by atoms with E-state index in [1.54, 1.807) is 7.11 Å². The molecule has 0 saturated heterocycles. The van der Waals surface area contributed by atoms with E-state index in [9.17, 15) is 4.79 Å². The molecule has 0 aliphatic heterocycles. The van der Waals surface area contributed by atoms with Gasteiger partial charge in [-0.25, -0.2) is 0 Å². The van der Waals surface area contributed by atoms with Crippen LogP contribution in [0.1, 0.15) is 32.1 Å². The van der Waals surface area contributed by atoms with E-state index >= 15 is 0 Å². The van der Waals surface area contributed by atoms with Gasteiger partial charge in [0.25, 0.3) is 0 Å². The maximum atomic E-state index is 10.3. The molecule has 2 nitrogen and oxygen atoms in total. The molecule has 0 spiro atoms. The molecule has 0 aromatic heterocycles. The van der Waals surface area contributed by atoms with E-state index in [1.165, 1.54) is 25.7 Å². The molecule has 0 aromatic rings. The fraction of sp³-hybridized carbons (Fsp3) is 0.900. The molecule has 0 amide bonds. The maximum absolute atomic E-state index is 10.3. The average Bonchev–Trinajstić information content (AvgIpc) is 2.09. The first-order chi connectivity index (χ1) is 5.86. The van der Waals surface area contributed by atoms with Crippen molar-refractivity contribution in [1.29, 1.82) is 0 Å². The quantitative estimate of drug-likeness (QED) is 0.603. The summed E-state index contributed by atoms with van der Waals surface area (Å²) in [4.78, 5) is 10.3. The zero-order chi connectivity index (χ0) is 8.81. The summed E-state index contributed by atoms with van der Waals surface area (Å²) < 4.78 is 5.11. The van der Waals surface area contributed by atoms with Gasteiger partial charge in [0.15, 0.2) is 0 Å². The van der Waals surface area contributed by atoms with Gasteiger partial charge in [-0.3, -0.25) is 0 Å². The second-order valence-electron chi connectivity index (χ2n) is 3.74. The number of carbonyl (C=O) groups is 1. The summed E-state index contributed by atoms with van der Waals surface area (Å²) in [6.07, 6.45) is 6.74. The smallest absolute Gasteiger partial charge is 0.120 e. The highest BCUT2D eigenvalue weighted by Gasteiger charge is 2.20. The molecule has 0 aromatic carbocycles. The molecule has 0 unspecified atom stereocenters. The number of methoxy groups -OCH3 is 1. The molecular weight excluding hydrogens is 152 g/mol. The molecule has 1 saturated carbocycles. The SMILES string of the molecule is COCC1CCC(CC=O)CC1. The molecule has 0 atom stereocenters. The molecule has 70 valence electrons. The van der Waals surface area contributed by atoms with Crippen LogP contribution in [0.25, 0.3) is 0 Å². The molecule has 1 aliphatic carbocycles. The van der Waals surface area contributed by atoms with Crippen molar-refractivity contribution in [2.45, 2.75) is 32.1 Å². The van der Waals surface area contributed by atoms with Crippen molar-refractivity contribution in [3.05, 3.63) is 0 Å². The van der Waals surface area contributed by atoms with Crippen molar-refractivity contribution in [3.63, 3.8) is 0 Å². The topological polar surface area (TPSA) is 26.3 Å². The lowest BCUT2D eigenvalue weighted by Crippen LogP contribution is -2.18. The van der Waals surface area contributed by atoms with E-state index in [0.29, 0.717) is 5.92 Å². The molecule has 2 heteroatoms. The first-order valence-corrected chi connectivity index (χ1v) is 4.79. The molecule has 12 heavy (non-hydrogen) atoms. The van der Waals surface area contributed by atoms with E-state index in [2.05, 4.69) is 0 Å². The fourth-order valence-electron chi connectivity index (χ4n) is 2.01. The lowest BCUT2D eigenvalue weighted by Gasteiger charge is -2.26. The first-order valence-electron chi connectivity index (χ1n) is 4.79. The van der Waals surface area contributed by atoms with Gasteiger partial charge in [-0.2, -0.15) is 0 Å². The fourth-order valence-corrected chi connectivity index (χ4v) is 2.01. The van der Waals surface area contributed by atoms with E-state index in [4.69, 9.17) is 4.74 Å². The Bertz CT molecular complexity index is 126. The van der Waals surface area contributed by atoms with Crippen LogP contribution in [-0.2, 0) is 9.53 Å². The minimum Gasteiger partial charge on any atom is -0.384 e. The lowest BCUT2D eigenvalue weighted by atomic mass is 9.81. The monoisotopic (exact) mass is 170 g/mol. The molecule has 0 N–H and O–H groups in total. The summed E-state index contributed by atoms with van der Waals surface area (Å²) in [6, 6.07) is 0. The summed E-state index contributed by atoms with van der Waals surface area (Å²) in [5, 5.41) is 0. The molecule has 1 fully saturated rings. The van der Waals surface area contributed by atoms with Crippen LogP contribution in [0.5, 0.6) is 0 Å². The lowest BCUT2D eigenvalue weighted by molar-refractivity contribution is -0.108. The van der Waals surface area contributed by atoms with Crippen LogP contribution in [0, 0.1) is 11.8 Å². The van der Waals surface area contributed by atoms with Gasteiger partial charge in [0, 0.05) is 20.1 Å². The summed E-state index contributed by atoms with van der Waals surface area (Å²) in [7, 11) is 1.76. The zero-order valence-corrected chi connectivity index (χ0v) is 7.79. The Labute approximate surface area is 74.3 Å². The van der Waals surface area contributed by atoms with Gasteiger partial charge in [-0.1, -0.05) is 0 Å². The van der Waals surface area contributed by atoms with Gasteiger partial charge < -0.3 is 9.53 Å². The van der Waals surface area contributed by atoms with Gasteiger partial charge >= 0.3 is 0 Å². The van der Waals surface area contributed by atoms with Crippen molar-refractivity contribution >= 4 is 6.29 Å². The highest BCUT2D eigenvalue weighted by molar-refractivity contribution is 5.49. The highest BCUT2D eigenvalue weighted by Crippen LogP contribution is 2.30. The summed E-state index contributed by atoms with van der Waals surface area (Å²) in [5.74, 6) is 1.41. The Kier molecular flexibility index (Phi) is 4.30. The number of carbonyl (C=O) groups excluding carboxylic acids is 1. The van der Waals surface area contributed by atoms with Gasteiger partial charge in [0.2, 0.25) is 0 Å². The first kappa shape index (κ1) is 9.72. The summed E-state index contributed by atoms with van der Waals surface area (Å²) >= 11 is 0. The third-order valence-corrected chi connectivity index (χ3v) is 2.80. The van der Waals surface area contributed by atoms with Crippen molar-refractivity contribution in [3.8, 4) is 0 Å². The van der Waals surface area contributed by atoms with Gasteiger partial charge in [-0.05, 0) is 37.5 Å². The minimum atomic E-state index is 0.663. The molecule has 0 bridgehead atoms. The van der Waals surface area contributed by atoms with Crippen molar-refractivity contribution in [1.82, 2.24) is 0 Å². The summed E-state index contributed by atoms with van der Waals surface area (Å²) in [5.41, 5.74) is 0. The third kappa shape index (κ3) is 2.94. The number of aldehydes is 1. The number of ether oxygens (including phenoxy) is 1. The second-order valence-corrected chi connectivity index (χ2v) is 3.74. The third-order valence-electron chi connectivity index (χ3n) is 2.80. The van der Waals surface area contributed by atoms with Gasteiger partial charge in [0.1, 0.15) is 6.29 Å². The minimum absolute atomic E-state index is 0.663. The molecule has 0 heterocycles. The second kappa shape index (κ2) is 5.31. The van der Waals surface area contributed by atoms with E-state index in [0.717, 1.165) is 25.2 Å². The Morgan fingerprint density at radius 2 is 1.83 bits per heavy atom. The van der Waals surface area contributed by atoms with E-state index < -0.39 is 0 Å². The number of hydrogen-bond donors (Lipinski definition) is 0. The standard InChI is InChI=1S/C10H18O2/c1-12-8-10-4-2-9(3-5-10)6-7-11/h7,9-10H,2-6,8H2,1H3. The van der Waals surface area contributed by atoms with Gasteiger partial charge in [-0.15, -0.1) is 0 Å².